The second-order valence-corrected chi connectivity index (χ2v) is 7.77. The Labute approximate surface area is 171 Å². The van der Waals surface area contributed by atoms with Crippen LogP contribution in [0.4, 0.5) is 0 Å². The monoisotopic (exact) mass is 395 g/mol. The fourth-order valence-electron chi connectivity index (χ4n) is 3.52. The molecule has 1 atom stereocenters. The van der Waals surface area contributed by atoms with Gasteiger partial charge in [0.2, 0.25) is 0 Å². The number of ether oxygens (including phenoxy) is 2. The van der Waals surface area contributed by atoms with Gasteiger partial charge in [-0.15, -0.1) is 0 Å². The van der Waals surface area contributed by atoms with Gasteiger partial charge in [-0.2, -0.15) is 5.10 Å². The SMILES string of the molecule is CC(C)c1ccc(OCCc2cc([C@@H]3CN(Cc4ncc[nH]4)CCO3)n[nH]2)cc1. The Hall–Kier alpha value is -2.64. The lowest BCUT2D eigenvalue weighted by Crippen LogP contribution is -2.38. The van der Waals surface area contributed by atoms with Crippen LogP contribution in [0.2, 0.25) is 0 Å². The number of hydrogen-bond donors (Lipinski definition) is 2. The van der Waals surface area contributed by atoms with E-state index in [2.05, 4.69) is 57.1 Å². The minimum absolute atomic E-state index is 0.0202. The smallest absolute Gasteiger partial charge is 0.120 e. The highest BCUT2D eigenvalue weighted by Gasteiger charge is 2.24. The molecule has 2 N–H and O–H groups in total. The van der Waals surface area contributed by atoms with Crippen molar-refractivity contribution in [1.82, 2.24) is 25.1 Å². The highest BCUT2D eigenvalue weighted by atomic mass is 16.5. The predicted octanol–water partition coefficient (Wildman–Crippen LogP) is 3.45. The van der Waals surface area contributed by atoms with Crippen molar-refractivity contribution in [2.75, 3.05) is 26.3 Å². The molecular weight excluding hydrogens is 366 g/mol. The largest absolute Gasteiger partial charge is 0.493 e. The van der Waals surface area contributed by atoms with Crippen molar-refractivity contribution < 1.29 is 9.47 Å². The molecule has 1 aliphatic heterocycles. The zero-order valence-electron chi connectivity index (χ0n) is 17.1. The molecule has 0 amide bonds. The van der Waals surface area contributed by atoms with Gasteiger partial charge in [0, 0.05) is 37.6 Å². The topological polar surface area (TPSA) is 79.1 Å². The number of hydrogen-bond acceptors (Lipinski definition) is 5. The summed E-state index contributed by atoms with van der Waals surface area (Å²) >= 11 is 0. The van der Waals surface area contributed by atoms with Crippen LogP contribution >= 0.6 is 0 Å². The maximum Gasteiger partial charge on any atom is 0.120 e. The summed E-state index contributed by atoms with van der Waals surface area (Å²) < 4.78 is 11.8. The fraction of sp³-hybridized carbons (Fsp3) is 0.455. The molecule has 0 aliphatic carbocycles. The second kappa shape index (κ2) is 9.24. The van der Waals surface area contributed by atoms with Crippen molar-refractivity contribution in [3.05, 3.63) is 65.5 Å². The number of aromatic nitrogens is 4. The maximum absolute atomic E-state index is 5.94. The number of H-pyrrole nitrogens is 2. The molecule has 1 aromatic carbocycles. The summed E-state index contributed by atoms with van der Waals surface area (Å²) in [7, 11) is 0. The van der Waals surface area contributed by atoms with Crippen molar-refractivity contribution in [2.45, 2.75) is 38.8 Å². The molecule has 3 heterocycles. The van der Waals surface area contributed by atoms with Gasteiger partial charge in [0.1, 0.15) is 17.7 Å². The molecule has 0 radical (unpaired) electrons. The van der Waals surface area contributed by atoms with E-state index in [-0.39, 0.29) is 6.10 Å². The van der Waals surface area contributed by atoms with Gasteiger partial charge in [-0.25, -0.2) is 4.98 Å². The molecule has 2 aromatic heterocycles. The first kappa shape index (κ1) is 19.7. The van der Waals surface area contributed by atoms with E-state index in [1.807, 2.05) is 18.3 Å². The van der Waals surface area contributed by atoms with Gasteiger partial charge in [-0.1, -0.05) is 26.0 Å². The van der Waals surface area contributed by atoms with Crippen molar-refractivity contribution in [1.29, 1.82) is 0 Å². The predicted molar refractivity (Wildman–Crippen MR) is 111 cm³/mol. The first-order valence-electron chi connectivity index (χ1n) is 10.3. The fourth-order valence-corrected chi connectivity index (χ4v) is 3.52. The zero-order valence-corrected chi connectivity index (χ0v) is 17.1. The van der Waals surface area contributed by atoms with Crippen molar-refractivity contribution >= 4 is 0 Å². The zero-order chi connectivity index (χ0) is 20.1. The molecule has 1 fully saturated rings. The lowest BCUT2D eigenvalue weighted by Gasteiger charge is -2.31. The van der Waals surface area contributed by atoms with Gasteiger partial charge in [0.05, 0.1) is 25.5 Å². The third-order valence-electron chi connectivity index (χ3n) is 5.25. The number of morpholine rings is 1. The summed E-state index contributed by atoms with van der Waals surface area (Å²) in [5, 5.41) is 7.60. The Balaban J connectivity index is 1.26. The number of aromatic amines is 2. The van der Waals surface area contributed by atoms with Crippen molar-refractivity contribution in [3.63, 3.8) is 0 Å². The van der Waals surface area contributed by atoms with Crippen LogP contribution in [0, 0.1) is 0 Å². The first-order valence-corrected chi connectivity index (χ1v) is 10.3. The van der Waals surface area contributed by atoms with E-state index in [4.69, 9.17) is 9.47 Å². The van der Waals surface area contributed by atoms with Gasteiger partial charge in [-0.3, -0.25) is 10.00 Å². The van der Waals surface area contributed by atoms with Gasteiger partial charge >= 0.3 is 0 Å². The van der Waals surface area contributed by atoms with Crippen LogP contribution < -0.4 is 4.74 Å². The number of nitrogens with zero attached hydrogens (tertiary/aromatic N) is 3. The molecular formula is C22H29N5O2. The second-order valence-electron chi connectivity index (χ2n) is 7.77. The molecule has 7 nitrogen and oxygen atoms in total. The van der Waals surface area contributed by atoms with E-state index in [9.17, 15) is 0 Å². The van der Waals surface area contributed by atoms with Crippen molar-refractivity contribution in [2.24, 2.45) is 0 Å². The first-order chi connectivity index (χ1) is 14.2. The molecule has 0 unspecified atom stereocenters. The molecule has 7 heteroatoms. The van der Waals surface area contributed by atoms with Gasteiger partial charge < -0.3 is 14.5 Å². The Kier molecular flexibility index (Phi) is 6.27. The van der Waals surface area contributed by atoms with E-state index >= 15 is 0 Å². The number of benzene rings is 1. The normalized spacial score (nSPS) is 17.7. The summed E-state index contributed by atoms with van der Waals surface area (Å²) in [6, 6.07) is 10.4. The van der Waals surface area contributed by atoms with E-state index in [0.717, 1.165) is 49.0 Å². The third kappa shape index (κ3) is 5.25. The minimum Gasteiger partial charge on any atom is -0.493 e. The summed E-state index contributed by atoms with van der Waals surface area (Å²) in [5.74, 6) is 2.41. The molecule has 154 valence electrons. The number of imidazole rings is 1. The Morgan fingerprint density at radius 1 is 1.28 bits per heavy atom. The standard InChI is InChI=1S/C22H29N5O2/c1-16(2)17-3-5-19(6-4-17)28-11-7-18-13-20(26-25-18)21-14-27(10-12-29-21)15-22-23-8-9-24-22/h3-6,8-9,13,16,21H,7,10-12,14-15H2,1-2H3,(H,23,24)(H,25,26)/t21-/m0/s1. The molecule has 1 saturated heterocycles. The van der Waals surface area contributed by atoms with Gasteiger partial charge in [0.15, 0.2) is 0 Å². The molecule has 4 rings (SSSR count). The lowest BCUT2D eigenvalue weighted by molar-refractivity contribution is -0.0356. The van der Waals surface area contributed by atoms with E-state index in [1.54, 1.807) is 6.20 Å². The van der Waals surface area contributed by atoms with Gasteiger partial charge in [-0.05, 0) is 29.7 Å². The van der Waals surface area contributed by atoms with Crippen LogP contribution in [0.25, 0.3) is 0 Å². The molecule has 0 saturated carbocycles. The summed E-state index contributed by atoms with van der Waals surface area (Å²) in [6.45, 7) is 8.20. The minimum atomic E-state index is -0.0202. The summed E-state index contributed by atoms with van der Waals surface area (Å²) in [5.41, 5.74) is 3.33. The third-order valence-corrected chi connectivity index (χ3v) is 5.25. The Bertz CT molecular complexity index is 873. The van der Waals surface area contributed by atoms with Crippen LogP contribution in [0.15, 0.2) is 42.7 Å². The average molecular weight is 396 g/mol. The van der Waals surface area contributed by atoms with E-state index in [1.165, 1.54) is 5.56 Å². The summed E-state index contributed by atoms with van der Waals surface area (Å²) in [4.78, 5) is 9.81. The van der Waals surface area contributed by atoms with Crippen LogP contribution in [0.5, 0.6) is 5.75 Å². The Morgan fingerprint density at radius 2 is 2.14 bits per heavy atom. The lowest BCUT2D eigenvalue weighted by atomic mass is 10.0. The number of rotatable bonds is 8. The quantitative estimate of drug-likeness (QED) is 0.611. The summed E-state index contributed by atoms with van der Waals surface area (Å²) in [6.07, 6.45) is 4.40. The molecule has 0 bridgehead atoms. The molecule has 0 spiro atoms. The van der Waals surface area contributed by atoms with Gasteiger partial charge in [0.25, 0.3) is 0 Å². The number of nitrogens with one attached hydrogen (secondary N) is 2. The van der Waals surface area contributed by atoms with Crippen LogP contribution in [-0.2, 0) is 17.7 Å². The highest BCUT2D eigenvalue weighted by Crippen LogP contribution is 2.22. The molecule has 3 aromatic rings. The van der Waals surface area contributed by atoms with E-state index in [0.29, 0.717) is 19.1 Å². The van der Waals surface area contributed by atoms with Crippen LogP contribution in [0.1, 0.15) is 48.6 Å². The van der Waals surface area contributed by atoms with Crippen LogP contribution in [-0.4, -0.2) is 51.4 Å². The van der Waals surface area contributed by atoms with E-state index < -0.39 is 0 Å². The highest BCUT2D eigenvalue weighted by molar-refractivity contribution is 5.29. The molecule has 1 aliphatic rings. The van der Waals surface area contributed by atoms with Crippen molar-refractivity contribution in [3.8, 4) is 5.75 Å². The maximum atomic E-state index is 5.94. The Morgan fingerprint density at radius 3 is 2.90 bits per heavy atom. The molecule has 29 heavy (non-hydrogen) atoms. The average Bonchev–Trinajstić information content (AvgIpc) is 3.41. The van der Waals surface area contributed by atoms with Crippen LogP contribution in [0.3, 0.4) is 0 Å².